The molecular formula is C22H28N6O3. The number of aromatic amines is 1. The molecule has 4 aromatic rings. The molecule has 0 radical (unpaired) electrons. The zero-order chi connectivity index (χ0) is 22.2. The predicted molar refractivity (Wildman–Crippen MR) is 119 cm³/mol. The van der Waals surface area contributed by atoms with Crippen LogP contribution in [0, 0.1) is 0 Å². The van der Waals surface area contributed by atoms with Crippen molar-refractivity contribution < 1.29 is 14.6 Å². The molecule has 9 heteroatoms. The number of rotatable bonds is 8. The fourth-order valence-electron chi connectivity index (χ4n) is 3.63. The molecule has 9 nitrogen and oxygen atoms in total. The van der Waals surface area contributed by atoms with Crippen molar-refractivity contribution in [3.05, 3.63) is 42.2 Å². The summed E-state index contributed by atoms with van der Waals surface area (Å²) in [6, 6.07) is 5.69. The lowest BCUT2D eigenvalue weighted by atomic mass is 10.1. The molecule has 4 N–H and O–H groups in total. The molecule has 0 bridgehead atoms. The molecule has 0 aliphatic heterocycles. The molecule has 1 unspecified atom stereocenters. The Morgan fingerprint density at radius 3 is 2.77 bits per heavy atom. The van der Waals surface area contributed by atoms with E-state index < -0.39 is 5.60 Å². The van der Waals surface area contributed by atoms with Crippen molar-refractivity contribution in [2.45, 2.75) is 52.6 Å². The highest BCUT2D eigenvalue weighted by atomic mass is 16.5. The third-order valence-corrected chi connectivity index (χ3v) is 4.95. The maximum Gasteiger partial charge on any atom is 0.153 e. The molecule has 0 aliphatic rings. The van der Waals surface area contributed by atoms with Crippen molar-refractivity contribution >= 4 is 27.8 Å². The topological polar surface area (TPSA) is 124 Å². The number of hydrogen-bond acceptors (Lipinski definition) is 7. The van der Waals surface area contributed by atoms with E-state index in [0.717, 1.165) is 16.7 Å². The van der Waals surface area contributed by atoms with Gasteiger partial charge in [-0.25, -0.2) is 15.0 Å². The van der Waals surface area contributed by atoms with Crippen LogP contribution in [0.4, 0.5) is 5.82 Å². The second-order valence-corrected chi connectivity index (χ2v) is 8.17. The molecule has 164 valence electrons. The molecular weight excluding hydrogens is 396 g/mol. The Bertz CT molecular complexity index is 1190. The summed E-state index contributed by atoms with van der Waals surface area (Å²) in [6.07, 6.45) is 3.21. The summed E-state index contributed by atoms with van der Waals surface area (Å²) in [5.74, 6) is 2.43. The van der Waals surface area contributed by atoms with Crippen molar-refractivity contribution in [1.82, 2.24) is 24.5 Å². The Morgan fingerprint density at radius 1 is 1.29 bits per heavy atom. The van der Waals surface area contributed by atoms with Gasteiger partial charge in [-0.05, 0) is 39.8 Å². The lowest BCUT2D eigenvalue weighted by Crippen LogP contribution is -2.27. The van der Waals surface area contributed by atoms with E-state index in [4.69, 9.17) is 15.2 Å². The maximum absolute atomic E-state index is 10.5. The second kappa shape index (κ2) is 8.16. The van der Waals surface area contributed by atoms with Gasteiger partial charge in [0, 0.05) is 30.5 Å². The first kappa shape index (κ1) is 21.1. The van der Waals surface area contributed by atoms with Crippen LogP contribution in [0.25, 0.3) is 21.9 Å². The number of ether oxygens (including phenoxy) is 2. The number of nitrogens with zero attached hydrogens (tertiary/aromatic N) is 4. The Labute approximate surface area is 180 Å². The predicted octanol–water partition coefficient (Wildman–Crippen LogP) is 3.34. The summed E-state index contributed by atoms with van der Waals surface area (Å²) in [5.41, 5.74) is 7.45. The number of nitrogens with two attached hydrogens (primary N) is 1. The fourth-order valence-corrected chi connectivity index (χ4v) is 3.63. The van der Waals surface area contributed by atoms with Gasteiger partial charge < -0.3 is 29.9 Å². The first-order valence-corrected chi connectivity index (χ1v) is 10.3. The normalized spacial score (nSPS) is 13.2. The summed E-state index contributed by atoms with van der Waals surface area (Å²) < 4.78 is 13.6. The molecule has 3 heterocycles. The van der Waals surface area contributed by atoms with Gasteiger partial charge in [-0.15, -0.1) is 0 Å². The quantitative estimate of drug-likeness (QED) is 0.396. The molecule has 0 amide bonds. The molecule has 4 rings (SSSR count). The van der Waals surface area contributed by atoms with E-state index in [0.29, 0.717) is 48.2 Å². The van der Waals surface area contributed by atoms with E-state index in [1.54, 1.807) is 26.2 Å². The fraction of sp³-hybridized carbons (Fsp3) is 0.409. The summed E-state index contributed by atoms with van der Waals surface area (Å²) in [4.78, 5) is 16.5. The number of nitrogen functional groups attached to an aromatic ring is 1. The standard InChI is InChI=1S/C22H28N6O3/c1-5-30-11-17-27-18-19(28(17)12-22(3,4)29)15-7-6-14(10-16(15)26-20(18)23)31-13(2)21-24-8-9-25-21/h6-10,13,29H,5,11-12H2,1-4H3,(H2,23,26)(H,24,25). The molecule has 1 atom stereocenters. The third kappa shape index (κ3) is 4.33. The highest BCUT2D eigenvalue weighted by Crippen LogP contribution is 2.33. The van der Waals surface area contributed by atoms with Gasteiger partial charge in [-0.3, -0.25) is 0 Å². The minimum Gasteiger partial charge on any atom is -0.483 e. The SMILES string of the molecule is CCOCc1nc2c(N)nc3cc(OC(C)c4ncc[nH]4)ccc3c2n1CC(C)(C)O. The van der Waals surface area contributed by atoms with Gasteiger partial charge in [-0.1, -0.05) is 0 Å². The van der Waals surface area contributed by atoms with Gasteiger partial charge in [0.15, 0.2) is 11.9 Å². The highest BCUT2D eigenvalue weighted by molar-refractivity contribution is 6.06. The number of H-pyrrole nitrogens is 1. The first-order valence-electron chi connectivity index (χ1n) is 10.3. The number of hydrogen-bond donors (Lipinski definition) is 3. The van der Waals surface area contributed by atoms with Crippen LogP contribution in [0.2, 0.25) is 0 Å². The van der Waals surface area contributed by atoms with E-state index in [9.17, 15) is 5.11 Å². The second-order valence-electron chi connectivity index (χ2n) is 8.17. The van der Waals surface area contributed by atoms with Crippen molar-refractivity contribution in [3.63, 3.8) is 0 Å². The van der Waals surface area contributed by atoms with E-state index in [1.807, 2.05) is 36.6 Å². The van der Waals surface area contributed by atoms with E-state index in [2.05, 4.69) is 19.9 Å². The van der Waals surface area contributed by atoms with E-state index >= 15 is 0 Å². The zero-order valence-electron chi connectivity index (χ0n) is 18.2. The first-order chi connectivity index (χ1) is 14.8. The molecule has 1 aromatic carbocycles. The highest BCUT2D eigenvalue weighted by Gasteiger charge is 2.23. The van der Waals surface area contributed by atoms with Crippen LogP contribution in [-0.2, 0) is 17.9 Å². The Morgan fingerprint density at radius 2 is 2.10 bits per heavy atom. The summed E-state index contributed by atoms with van der Waals surface area (Å²) >= 11 is 0. The number of pyridine rings is 1. The molecule has 0 fully saturated rings. The summed E-state index contributed by atoms with van der Waals surface area (Å²) in [5, 5.41) is 11.4. The van der Waals surface area contributed by atoms with Gasteiger partial charge in [0.25, 0.3) is 0 Å². The number of benzene rings is 1. The van der Waals surface area contributed by atoms with Gasteiger partial charge in [-0.2, -0.15) is 0 Å². The van der Waals surface area contributed by atoms with Crippen LogP contribution in [0.15, 0.2) is 30.6 Å². The minimum absolute atomic E-state index is 0.243. The summed E-state index contributed by atoms with van der Waals surface area (Å²) in [6.45, 7) is 8.61. The Kier molecular flexibility index (Phi) is 5.55. The third-order valence-electron chi connectivity index (χ3n) is 4.95. The van der Waals surface area contributed by atoms with Crippen molar-refractivity contribution in [3.8, 4) is 5.75 Å². The number of aromatic nitrogens is 5. The number of nitrogens with one attached hydrogen (secondary N) is 1. The van der Waals surface area contributed by atoms with Crippen LogP contribution >= 0.6 is 0 Å². The van der Waals surface area contributed by atoms with Crippen LogP contribution in [-0.4, -0.2) is 41.8 Å². The van der Waals surface area contributed by atoms with Crippen molar-refractivity contribution in [2.24, 2.45) is 0 Å². The molecule has 3 aromatic heterocycles. The number of anilines is 1. The Hall–Kier alpha value is -3.17. The smallest absolute Gasteiger partial charge is 0.153 e. The van der Waals surface area contributed by atoms with Crippen molar-refractivity contribution in [2.75, 3.05) is 12.3 Å². The zero-order valence-corrected chi connectivity index (χ0v) is 18.2. The number of fused-ring (bicyclic) bond motifs is 3. The van der Waals surface area contributed by atoms with Gasteiger partial charge in [0.05, 0.1) is 23.2 Å². The van der Waals surface area contributed by atoms with Crippen LogP contribution in [0.3, 0.4) is 0 Å². The molecule has 0 saturated carbocycles. The van der Waals surface area contributed by atoms with E-state index in [-0.39, 0.29) is 6.10 Å². The number of imidazole rings is 2. The molecule has 0 aliphatic carbocycles. The van der Waals surface area contributed by atoms with E-state index in [1.165, 1.54) is 0 Å². The lowest BCUT2D eigenvalue weighted by molar-refractivity contribution is 0.0582. The van der Waals surface area contributed by atoms with Crippen LogP contribution in [0.5, 0.6) is 5.75 Å². The average Bonchev–Trinajstić information content (AvgIpc) is 3.34. The Balaban J connectivity index is 1.82. The summed E-state index contributed by atoms with van der Waals surface area (Å²) in [7, 11) is 0. The van der Waals surface area contributed by atoms with Gasteiger partial charge in [0.2, 0.25) is 0 Å². The molecule has 0 saturated heterocycles. The maximum atomic E-state index is 10.5. The average molecular weight is 425 g/mol. The van der Waals surface area contributed by atoms with Crippen molar-refractivity contribution in [1.29, 1.82) is 0 Å². The van der Waals surface area contributed by atoms with Gasteiger partial charge in [0.1, 0.15) is 29.5 Å². The van der Waals surface area contributed by atoms with Crippen LogP contribution in [0.1, 0.15) is 45.4 Å². The monoisotopic (exact) mass is 424 g/mol. The largest absolute Gasteiger partial charge is 0.483 e. The van der Waals surface area contributed by atoms with Crippen LogP contribution < -0.4 is 10.5 Å². The minimum atomic E-state index is -0.944. The number of aliphatic hydroxyl groups is 1. The molecule has 0 spiro atoms. The lowest BCUT2D eigenvalue weighted by Gasteiger charge is -2.21. The molecule has 31 heavy (non-hydrogen) atoms. The van der Waals surface area contributed by atoms with Gasteiger partial charge >= 0.3 is 0 Å².